The van der Waals surface area contributed by atoms with Crippen LogP contribution in [0, 0.1) is 0 Å². The van der Waals surface area contributed by atoms with Gasteiger partial charge in [-0.25, -0.2) is 0 Å². The number of hydrogen-bond donors (Lipinski definition) is 0. The highest BCUT2D eigenvalue weighted by Gasteiger charge is 2.35. The Kier molecular flexibility index (Phi) is 3.85. The first-order chi connectivity index (χ1) is 9.00. The van der Waals surface area contributed by atoms with Crippen LogP contribution in [0.1, 0.15) is 0 Å². The van der Waals surface area contributed by atoms with Gasteiger partial charge in [-0.1, -0.05) is 25.3 Å². The molecule has 1 aliphatic heterocycles. The van der Waals surface area contributed by atoms with Crippen LogP contribution in [0.3, 0.4) is 0 Å². The van der Waals surface area contributed by atoms with Crippen LogP contribution in [0.25, 0.3) is 0 Å². The van der Waals surface area contributed by atoms with E-state index in [1.54, 1.807) is 24.3 Å². The maximum absolute atomic E-state index is 12.2. The lowest BCUT2D eigenvalue weighted by molar-refractivity contribution is 0.287. The third-order valence-corrected chi connectivity index (χ3v) is 4.66. The van der Waals surface area contributed by atoms with Gasteiger partial charge in [-0.3, -0.25) is 4.57 Å². The van der Waals surface area contributed by atoms with Gasteiger partial charge in [0.15, 0.2) is 0 Å². The van der Waals surface area contributed by atoms with Crippen molar-refractivity contribution in [3.05, 3.63) is 48.9 Å². The molecule has 1 saturated heterocycles. The van der Waals surface area contributed by atoms with Crippen molar-refractivity contribution in [1.29, 1.82) is 0 Å². The molecule has 0 aliphatic carbocycles. The van der Waals surface area contributed by atoms with E-state index in [9.17, 15) is 4.57 Å². The lowest BCUT2D eigenvalue weighted by Crippen LogP contribution is -2.32. The Morgan fingerprint density at radius 2 is 1.53 bits per heavy atom. The summed E-state index contributed by atoms with van der Waals surface area (Å²) in [6.45, 7) is 7.33. The van der Waals surface area contributed by atoms with Crippen LogP contribution in [0.2, 0.25) is 0 Å². The summed E-state index contributed by atoms with van der Waals surface area (Å²) >= 11 is 0. The highest BCUT2D eigenvalue weighted by Crippen LogP contribution is 2.44. The first-order valence-electron chi connectivity index (χ1n) is 5.53. The highest BCUT2D eigenvalue weighted by molar-refractivity contribution is 7.62. The van der Waals surface area contributed by atoms with Crippen molar-refractivity contribution in [1.82, 2.24) is 0 Å². The van der Waals surface area contributed by atoms with E-state index in [0.29, 0.717) is 16.8 Å². The van der Waals surface area contributed by atoms with Gasteiger partial charge in [0.05, 0.1) is 5.30 Å². The normalized spacial score (nSPS) is 15.4. The van der Waals surface area contributed by atoms with Crippen molar-refractivity contribution >= 4 is 25.5 Å². The molecule has 2 rings (SSSR count). The molecule has 7 heteroatoms. The maximum atomic E-state index is 12.2. The Morgan fingerprint density at radius 3 is 1.95 bits per heavy atom. The Balaban J connectivity index is 2.22. The topological polar surface area (TPSA) is 54.0 Å². The number of benzene rings is 1. The van der Waals surface area contributed by atoms with Crippen LogP contribution in [-0.2, 0) is 22.9 Å². The molecule has 0 spiro atoms. The summed E-state index contributed by atoms with van der Waals surface area (Å²) in [7, 11) is -1.11. The molecule has 0 saturated carbocycles. The first-order valence-corrected chi connectivity index (χ1v) is 7.08. The van der Waals surface area contributed by atoms with Gasteiger partial charge in [-0.15, -0.1) is 0 Å². The Labute approximate surface area is 112 Å². The van der Waals surface area contributed by atoms with Gasteiger partial charge in [0, 0.05) is 19.7 Å². The minimum absolute atomic E-state index is 0.411. The smallest absolute Gasteiger partial charge is 0.520 e. The van der Waals surface area contributed by atoms with E-state index in [0.717, 1.165) is 5.46 Å². The summed E-state index contributed by atoms with van der Waals surface area (Å²) in [5, 5.41) is 0.469. The van der Waals surface area contributed by atoms with Crippen LogP contribution in [0.15, 0.2) is 48.9 Å². The van der Waals surface area contributed by atoms with Crippen molar-refractivity contribution < 1.29 is 22.9 Å². The van der Waals surface area contributed by atoms with Crippen LogP contribution < -0.4 is 10.8 Å². The van der Waals surface area contributed by atoms with Gasteiger partial charge >= 0.3 is 14.7 Å². The molecule has 1 heterocycles. The average molecular weight is 280 g/mol. The third-order valence-electron chi connectivity index (χ3n) is 2.77. The quantitative estimate of drug-likeness (QED) is 0.619. The van der Waals surface area contributed by atoms with Crippen LogP contribution in [0.4, 0.5) is 0 Å². The zero-order valence-corrected chi connectivity index (χ0v) is 11.7. The Bertz CT molecular complexity index is 530. The van der Waals surface area contributed by atoms with Crippen LogP contribution >= 0.6 is 7.60 Å². The zero-order valence-electron chi connectivity index (χ0n) is 10.8. The second kappa shape index (κ2) is 5.25. The second-order valence-corrected chi connectivity index (χ2v) is 6.11. The van der Waals surface area contributed by atoms with E-state index < -0.39 is 14.7 Å². The van der Waals surface area contributed by atoms with Crippen LogP contribution in [0.5, 0.6) is 0 Å². The average Bonchev–Trinajstić information content (AvgIpc) is 2.78. The summed E-state index contributed by atoms with van der Waals surface area (Å²) in [6, 6.07) is 6.77. The molecule has 0 unspecified atom stereocenters. The molecule has 0 radical (unpaired) electrons. The fourth-order valence-electron chi connectivity index (χ4n) is 1.65. The molecular weight excluding hydrogens is 266 g/mol. The van der Waals surface area contributed by atoms with E-state index in [-0.39, 0.29) is 0 Å². The number of rotatable bonds is 4. The van der Waals surface area contributed by atoms with Crippen molar-refractivity contribution in [2.45, 2.75) is 0 Å². The van der Waals surface area contributed by atoms with Gasteiger partial charge in [0.25, 0.3) is 0 Å². The van der Waals surface area contributed by atoms with Gasteiger partial charge in [-0.2, -0.15) is 0 Å². The summed E-state index contributed by atoms with van der Waals surface area (Å²) in [5.41, 5.74) is 0.766. The molecule has 1 aromatic rings. The van der Waals surface area contributed by atoms with E-state index in [4.69, 9.17) is 18.4 Å². The van der Waals surface area contributed by atoms with E-state index in [2.05, 4.69) is 13.2 Å². The summed E-state index contributed by atoms with van der Waals surface area (Å²) in [6.07, 6.45) is 0. The number of hydrogen-bond acceptors (Lipinski definition) is 5. The fourth-order valence-corrected chi connectivity index (χ4v) is 2.73. The molecule has 1 aliphatic rings. The molecule has 1 aromatic carbocycles. The highest BCUT2D eigenvalue weighted by atomic mass is 31.2. The lowest BCUT2D eigenvalue weighted by Gasteiger charge is -2.14. The molecule has 0 atom stereocenters. The fraction of sp³-hybridized carbons (Fsp3) is 0.167. The largest absolute Gasteiger partial charge is 0.632 e. The molecular formula is C12H14BO5P. The second-order valence-electron chi connectivity index (χ2n) is 3.87. The van der Waals surface area contributed by atoms with E-state index >= 15 is 0 Å². The third kappa shape index (κ3) is 2.61. The van der Waals surface area contributed by atoms with Gasteiger partial charge < -0.3 is 18.4 Å². The van der Waals surface area contributed by atoms with Gasteiger partial charge in [0.2, 0.25) is 0 Å². The zero-order chi connectivity index (χ0) is 14.0. The van der Waals surface area contributed by atoms with E-state index in [1.165, 1.54) is 14.2 Å². The Hall–Kier alpha value is -1.49. The summed E-state index contributed by atoms with van der Waals surface area (Å²) < 4.78 is 32.8. The summed E-state index contributed by atoms with van der Waals surface area (Å²) in [4.78, 5) is 0. The minimum Gasteiger partial charge on any atom is -0.520 e. The molecule has 0 bridgehead atoms. The predicted octanol–water partition coefficient (Wildman–Crippen LogP) is 1.57. The van der Waals surface area contributed by atoms with Crippen molar-refractivity contribution in [3.63, 3.8) is 0 Å². The minimum atomic E-state index is -3.23. The standard InChI is InChI=1S/C12H14BO5P/c1-9-10(2)18-13(17-9)11-5-7-12(8-6-11)19(14,15-3)16-4/h5-8H,1-2H2,3-4H3. The maximum Gasteiger partial charge on any atom is 0.632 e. The van der Waals surface area contributed by atoms with Gasteiger partial charge in [0.1, 0.15) is 11.5 Å². The SMILES string of the molecule is C=C1OB(c2ccc(P(=O)(OC)OC)cc2)OC1=C. The van der Waals surface area contributed by atoms with Gasteiger partial charge in [-0.05, 0) is 12.1 Å². The first kappa shape index (κ1) is 13.9. The monoisotopic (exact) mass is 280 g/mol. The van der Waals surface area contributed by atoms with E-state index in [1.807, 2.05) is 0 Å². The molecule has 100 valence electrons. The van der Waals surface area contributed by atoms with Crippen LogP contribution in [-0.4, -0.2) is 21.3 Å². The molecule has 0 amide bonds. The molecule has 0 N–H and O–H groups in total. The molecule has 1 fully saturated rings. The lowest BCUT2D eigenvalue weighted by atomic mass is 9.79. The molecule has 5 nitrogen and oxygen atoms in total. The predicted molar refractivity (Wildman–Crippen MR) is 73.5 cm³/mol. The molecule has 0 aromatic heterocycles. The van der Waals surface area contributed by atoms with Crippen molar-refractivity contribution in [2.24, 2.45) is 0 Å². The summed E-state index contributed by atoms with van der Waals surface area (Å²) in [5.74, 6) is 0.821. The van der Waals surface area contributed by atoms with Crippen molar-refractivity contribution in [2.75, 3.05) is 14.2 Å². The van der Waals surface area contributed by atoms with Crippen molar-refractivity contribution in [3.8, 4) is 0 Å². The molecule has 19 heavy (non-hydrogen) atoms. The Morgan fingerprint density at radius 1 is 1.05 bits per heavy atom.